The number of nitrogens with one attached hydrogen (secondary N) is 2. The first-order valence-corrected chi connectivity index (χ1v) is 12.2. The molecule has 1 aromatic heterocycles. The van der Waals surface area contributed by atoms with Crippen molar-refractivity contribution in [1.82, 2.24) is 25.4 Å². The molecule has 0 atom stereocenters. The Balaban J connectivity index is 0.00000320. The Kier molecular flexibility index (Phi) is 11.3. The van der Waals surface area contributed by atoms with E-state index in [-0.39, 0.29) is 24.0 Å². The van der Waals surface area contributed by atoms with Crippen molar-refractivity contribution in [2.24, 2.45) is 16.8 Å². The van der Waals surface area contributed by atoms with E-state index >= 15 is 0 Å². The number of halogens is 1. The van der Waals surface area contributed by atoms with Crippen molar-refractivity contribution in [3.05, 3.63) is 16.1 Å². The van der Waals surface area contributed by atoms with Crippen molar-refractivity contribution in [2.45, 2.75) is 59.0 Å². The van der Waals surface area contributed by atoms with Gasteiger partial charge in [-0.25, -0.2) is 4.98 Å². The molecule has 1 aromatic rings. The lowest BCUT2D eigenvalue weighted by Crippen LogP contribution is -2.50. The van der Waals surface area contributed by atoms with Crippen LogP contribution in [0.15, 0.2) is 10.4 Å². The minimum atomic E-state index is 0. The summed E-state index contributed by atoms with van der Waals surface area (Å²) in [6.45, 7) is 14.7. The van der Waals surface area contributed by atoms with Crippen molar-refractivity contribution >= 4 is 41.3 Å². The standard InChI is InChI=1S/C22H40N6S.HI/c1-17(2)14-27-11-7-20(8-12-27)26-22(23-4)24-13-19-5-9-28(10-6-19)15-21-16-29-18(3)25-21;/h16-17,19-20H,5-15H2,1-4H3,(H2,23,24,26);1H. The van der Waals surface area contributed by atoms with Gasteiger partial charge >= 0.3 is 0 Å². The molecule has 0 spiro atoms. The van der Waals surface area contributed by atoms with Crippen molar-refractivity contribution in [3.8, 4) is 0 Å². The molecule has 0 aliphatic carbocycles. The Hall–Kier alpha value is -0.450. The molecule has 0 radical (unpaired) electrons. The molecule has 3 heterocycles. The van der Waals surface area contributed by atoms with Gasteiger partial charge in [-0.15, -0.1) is 35.3 Å². The zero-order valence-corrected chi connectivity index (χ0v) is 22.3. The van der Waals surface area contributed by atoms with Crippen LogP contribution >= 0.6 is 35.3 Å². The van der Waals surface area contributed by atoms with Crippen LogP contribution < -0.4 is 10.6 Å². The molecule has 2 aliphatic rings. The first kappa shape index (κ1) is 25.8. The Morgan fingerprint density at radius 2 is 1.83 bits per heavy atom. The minimum absolute atomic E-state index is 0. The largest absolute Gasteiger partial charge is 0.356 e. The molecule has 0 unspecified atom stereocenters. The highest BCUT2D eigenvalue weighted by Crippen LogP contribution is 2.19. The molecule has 2 fully saturated rings. The van der Waals surface area contributed by atoms with E-state index in [9.17, 15) is 0 Å². The summed E-state index contributed by atoms with van der Waals surface area (Å²) in [4.78, 5) is 14.2. The minimum Gasteiger partial charge on any atom is -0.356 e. The van der Waals surface area contributed by atoms with Crippen LogP contribution in [-0.4, -0.2) is 73.1 Å². The second-order valence-electron chi connectivity index (χ2n) is 9.14. The van der Waals surface area contributed by atoms with Crippen LogP contribution in [0.4, 0.5) is 0 Å². The molecule has 3 rings (SSSR count). The summed E-state index contributed by atoms with van der Waals surface area (Å²) >= 11 is 1.75. The number of hydrogen-bond acceptors (Lipinski definition) is 5. The number of rotatable bonds is 7. The first-order chi connectivity index (χ1) is 14.0. The molecule has 0 aromatic carbocycles. The van der Waals surface area contributed by atoms with E-state index < -0.39 is 0 Å². The van der Waals surface area contributed by atoms with E-state index in [1.807, 2.05) is 7.05 Å². The summed E-state index contributed by atoms with van der Waals surface area (Å²) in [5, 5.41) is 10.6. The summed E-state index contributed by atoms with van der Waals surface area (Å²) < 4.78 is 0. The molecule has 0 amide bonds. The van der Waals surface area contributed by atoms with Crippen molar-refractivity contribution in [2.75, 3.05) is 46.3 Å². The highest BCUT2D eigenvalue weighted by molar-refractivity contribution is 14.0. The molecule has 6 nitrogen and oxygen atoms in total. The SMILES string of the molecule is CN=C(NCC1CCN(Cc2csc(C)n2)CC1)NC1CCN(CC(C)C)CC1.I. The second-order valence-corrected chi connectivity index (χ2v) is 10.2. The highest BCUT2D eigenvalue weighted by atomic mass is 127. The smallest absolute Gasteiger partial charge is 0.191 e. The third-order valence-corrected chi connectivity index (χ3v) is 6.92. The van der Waals surface area contributed by atoms with Gasteiger partial charge in [0.15, 0.2) is 5.96 Å². The quantitative estimate of drug-likeness (QED) is 0.310. The van der Waals surface area contributed by atoms with Gasteiger partial charge in [-0.05, 0) is 57.5 Å². The number of piperidine rings is 2. The van der Waals surface area contributed by atoms with Crippen LogP contribution in [0.2, 0.25) is 0 Å². The zero-order valence-electron chi connectivity index (χ0n) is 19.2. The lowest BCUT2D eigenvalue weighted by molar-refractivity contribution is 0.176. The van der Waals surface area contributed by atoms with E-state index in [1.54, 1.807) is 11.3 Å². The van der Waals surface area contributed by atoms with Gasteiger partial charge in [-0.1, -0.05) is 13.8 Å². The number of aromatic nitrogens is 1. The maximum atomic E-state index is 4.61. The number of nitrogens with zero attached hydrogens (tertiary/aromatic N) is 4. The fourth-order valence-electron chi connectivity index (χ4n) is 4.46. The summed E-state index contributed by atoms with van der Waals surface area (Å²) in [5.41, 5.74) is 1.23. The highest BCUT2D eigenvalue weighted by Gasteiger charge is 2.22. The lowest BCUT2D eigenvalue weighted by Gasteiger charge is -2.34. The zero-order chi connectivity index (χ0) is 20.6. The molecule has 0 saturated carbocycles. The van der Waals surface area contributed by atoms with E-state index in [2.05, 4.69) is 56.6 Å². The second kappa shape index (κ2) is 13.2. The number of guanidine groups is 1. The average molecular weight is 549 g/mol. The Bertz CT molecular complexity index is 633. The summed E-state index contributed by atoms with van der Waals surface area (Å²) in [6, 6.07) is 0.549. The van der Waals surface area contributed by atoms with Gasteiger partial charge in [0.05, 0.1) is 10.7 Å². The van der Waals surface area contributed by atoms with E-state index in [4.69, 9.17) is 0 Å². The van der Waals surface area contributed by atoms with Crippen LogP contribution in [0.1, 0.15) is 50.2 Å². The van der Waals surface area contributed by atoms with Gasteiger partial charge in [-0.2, -0.15) is 0 Å². The average Bonchev–Trinajstić information content (AvgIpc) is 3.12. The Morgan fingerprint density at radius 3 is 2.40 bits per heavy atom. The molecule has 2 saturated heterocycles. The molecular weight excluding hydrogens is 507 g/mol. The number of thiazole rings is 1. The van der Waals surface area contributed by atoms with Crippen LogP contribution in [0, 0.1) is 18.8 Å². The van der Waals surface area contributed by atoms with Crippen molar-refractivity contribution in [3.63, 3.8) is 0 Å². The van der Waals surface area contributed by atoms with E-state index in [1.165, 1.54) is 69.1 Å². The fourth-order valence-corrected chi connectivity index (χ4v) is 5.07. The topological polar surface area (TPSA) is 55.8 Å². The Labute approximate surface area is 204 Å². The van der Waals surface area contributed by atoms with Gasteiger partial charge in [0.1, 0.15) is 0 Å². The monoisotopic (exact) mass is 548 g/mol. The van der Waals surface area contributed by atoms with Gasteiger partial charge in [0, 0.05) is 51.2 Å². The number of likely N-dealkylation sites (tertiary alicyclic amines) is 2. The molecule has 8 heteroatoms. The molecular formula is C22H41IN6S. The van der Waals surface area contributed by atoms with Crippen LogP contribution in [0.5, 0.6) is 0 Å². The number of aliphatic imine (C=N–C) groups is 1. The summed E-state index contributed by atoms with van der Waals surface area (Å²) in [7, 11) is 1.89. The molecule has 172 valence electrons. The van der Waals surface area contributed by atoms with Crippen LogP contribution in [0.25, 0.3) is 0 Å². The maximum Gasteiger partial charge on any atom is 0.191 e. The fraction of sp³-hybridized carbons (Fsp3) is 0.818. The van der Waals surface area contributed by atoms with Gasteiger partial charge in [0.2, 0.25) is 0 Å². The third-order valence-electron chi connectivity index (χ3n) is 6.09. The Morgan fingerprint density at radius 1 is 1.17 bits per heavy atom. The van der Waals surface area contributed by atoms with Crippen molar-refractivity contribution < 1.29 is 0 Å². The first-order valence-electron chi connectivity index (χ1n) is 11.3. The molecule has 2 N–H and O–H groups in total. The lowest BCUT2D eigenvalue weighted by atomic mass is 9.97. The van der Waals surface area contributed by atoms with Crippen LogP contribution in [-0.2, 0) is 6.54 Å². The predicted octanol–water partition coefficient (Wildman–Crippen LogP) is 3.57. The van der Waals surface area contributed by atoms with E-state index in [0.717, 1.165) is 30.9 Å². The summed E-state index contributed by atoms with van der Waals surface area (Å²) in [5.74, 6) is 2.47. The van der Waals surface area contributed by atoms with Gasteiger partial charge in [0.25, 0.3) is 0 Å². The number of aryl methyl sites for hydroxylation is 1. The maximum absolute atomic E-state index is 4.61. The third kappa shape index (κ3) is 8.59. The normalized spacial score (nSPS) is 20.4. The molecule has 0 bridgehead atoms. The van der Waals surface area contributed by atoms with E-state index in [0.29, 0.717) is 6.04 Å². The van der Waals surface area contributed by atoms with Gasteiger partial charge in [-0.3, -0.25) is 9.89 Å². The predicted molar refractivity (Wildman–Crippen MR) is 139 cm³/mol. The van der Waals surface area contributed by atoms with Gasteiger partial charge < -0.3 is 15.5 Å². The summed E-state index contributed by atoms with van der Waals surface area (Å²) in [6.07, 6.45) is 4.92. The molecule has 30 heavy (non-hydrogen) atoms. The van der Waals surface area contributed by atoms with Crippen LogP contribution in [0.3, 0.4) is 0 Å². The molecule has 2 aliphatic heterocycles. The van der Waals surface area contributed by atoms with Crippen molar-refractivity contribution in [1.29, 1.82) is 0 Å². The number of hydrogen-bond donors (Lipinski definition) is 2.